The zero-order valence-electron chi connectivity index (χ0n) is 10.2. The number of halogens is 8. The topological polar surface area (TPSA) is 21.6 Å². The molecule has 0 unspecified atom stereocenters. The Bertz CT molecular complexity index is 524. The van der Waals surface area contributed by atoms with Crippen LogP contribution in [0.2, 0.25) is 0 Å². The lowest BCUT2D eigenvalue weighted by Crippen LogP contribution is -2.54. The molecule has 0 spiro atoms. The summed E-state index contributed by atoms with van der Waals surface area (Å²) in [6.07, 6.45) is -6.39. The van der Waals surface area contributed by atoms with Crippen LogP contribution < -0.4 is 4.74 Å². The molecule has 0 aliphatic heterocycles. The van der Waals surface area contributed by atoms with Gasteiger partial charge >= 0.3 is 18.0 Å². The van der Waals surface area contributed by atoms with Gasteiger partial charge in [-0.3, -0.25) is 0 Å². The molecule has 0 radical (unpaired) electrons. The zero-order valence-corrected chi connectivity index (χ0v) is 12.3. The van der Waals surface area contributed by atoms with Crippen LogP contribution in [0.15, 0.2) is 29.3 Å². The second-order valence-corrected chi connectivity index (χ2v) is 4.77. The lowest BCUT2D eigenvalue weighted by molar-refractivity contribution is -0.335. The summed E-state index contributed by atoms with van der Waals surface area (Å²) in [7, 11) is 1.33. The standard InChI is InChI=1S/C11H7F7INO/c1-21-7-4-2-6(3-5-7)20-8(19)9(12,13)10(14,15)11(16,17)18/h2-5H,1H3. The summed E-state index contributed by atoms with van der Waals surface area (Å²) in [5.41, 5.74) is -0.210. The van der Waals surface area contributed by atoms with Crippen molar-refractivity contribution in [2.75, 3.05) is 7.11 Å². The molecule has 0 N–H and O–H groups in total. The largest absolute Gasteiger partial charge is 0.497 e. The van der Waals surface area contributed by atoms with Crippen LogP contribution in [-0.4, -0.2) is 28.8 Å². The first-order chi connectivity index (χ1) is 9.43. The normalized spacial score (nSPS) is 14.2. The summed E-state index contributed by atoms with van der Waals surface area (Å²) in [6, 6.07) is 4.87. The number of hydrogen-bond donors (Lipinski definition) is 0. The minimum Gasteiger partial charge on any atom is -0.497 e. The summed E-state index contributed by atoms with van der Waals surface area (Å²) < 4.78 is 91.3. The van der Waals surface area contributed by atoms with E-state index in [4.69, 9.17) is 4.74 Å². The molecule has 2 nitrogen and oxygen atoms in total. The molecule has 0 aromatic heterocycles. The van der Waals surface area contributed by atoms with Gasteiger partial charge in [0, 0.05) is 0 Å². The van der Waals surface area contributed by atoms with Crippen LogP contribution in [0.3, 0.4) is 0 Å². The van der Waals surface area contributed by atoms with Crippen molar-refractivity contribution in [1.82, 2.24) is 0 Å². The van der Waals surface area contributed by atoms with E-state index >= 15 is 0 Å². The fourth-order valence-corrected chi connectivity index (χ4v) is 1.77. The lowest BCUT2D eigenvalue weighted by atomic mass is 10.2. The molecule has 1 rings (SSSR count). The zero-order chi connectivity index (χ0) is 16.5. The maximum Gasteiger partial charge on any atom is 0.460 e. The molecule has 0 aliphatic rings. The van der Waals surface area contributed by atoms with Crippen molar-refractivity contribution in [3.8, 4) is 5.75 Å². The van der Waals surface area contributed by atoms with Gasteiger partial charge in [0.05, 0.1) is 12.8 Å². The molecule has 1 aromatic rings. The van der Waals surface area contributed by atoms with E-state index in [1.54, 1.807) is 0 Å². The molecule has 0 atom stereocenters. The van der Waals surface area contributed by atoms with Crippen LogP contribution in [0.1, 0.15) is 0 Å². The van der Waals surface area contributed by atoms with Gasteiger partial charge in [0.1, 0.15) is 5.75 Å². The molecular weight excluding hydrogens is 422 g/mol. The van der Waals surface area contributed by atoms with Crippen LogP contribution in [0.5, 0.6) is 5.75 Å². The minimum absolute atomic E-state index is 0.210. The monoisotopic (exact) mass is 429 g/mol. The van der Waals surface area contributed by atoms with Gasteiger partial charge in [-0.25, -0.2) is 4.99 Å². The highest BCUT2D eigenvalue weighted by Gasteiger charge is 2.74. The molecular formula is C11H7F7INO. The third-order valence-corrected chi connectivity index (χ3v) is 3.23. The van der Waals surface area contributed by atoms with E-state index in [9.17, 15) is 30.7 Å². The van der Waals surface area contributed by atoms with Crippen molar-refractivity contribution in [3.63, 3.8) is 0 Å². The second-order valence-electron chi connectivity index (χ2n) is 3.75. The van der Waals surface area contributed by atoms with E-state index in [1.165, 1.54) is 19.2 Å². The van der Waals surface area contributed by atoms with Crippen LogP contribution >= 0.6 is 22.6 Å². The number of nitrogens with zero attached hydrogens (tertiary/aromatic N) is 1. The van der Waals surface area contributed by atoms with Crippen molar-refractivity contribution < 1.29 is 35.5 Å². The number of aliphatic imine (C=N–C) groups is 1. The van der Waals surface area contributed by atoms with Crippen LogP contribution in [0.4, 0.5) is 36.4 Å². The number of hydrogen-bond acceptors (Lipinski definition) is 2. The Kier molecular flexibility index (Phi) is 5.11. The highest BCUT2D eigenvalue weighted by atomic mass is 127. The molecule has 0 bridgehead atoms. The Morgan fingerprint density at radius 2 is 1.48 bits per heavy atom. The summed E-state index contributed by atoms with van der Waals surface area (Å²) in [4.78, 5) is 3.10. The van der Waals surface area contributed by atoms with Crippen molar-refractivity contribution in [2.45, 2.75) is 18.0 Å². The molecule has 0 amide bonds. The second kappa shape index (κ2) is 5.97. The van der Waals surface area contributed by atoms with Crippen LogP contribution in [0.25, 0.3) is 0 Å². The van der Waals surface area contributed by atoms with Gasteiger partial charge in [0.25, 0.3) is 0 Å². The highest BCUT2D eigenvalue weighted by molar-refractivity contribution is 14.1. The van der Waals surface area contributed by atoms with Gasteiger partial charge in [-0.05, 0) is 46.9 Å². The average Bonchev–Trinajstić information content (AvgIpc) is 2.38. The first-order valence-electron chi connectivity index (χ1n) is 5.14. The third-order valence-electron chi connectivity index (χ3n) is 2.31. The number of ether oxygens (including phenoxy) is 1. The fraction of sp³-hybridized carbons (Fsp3) is 0.364. The van der Waals surface area contributed by atoms with Gasteiger partial charge in [-0.2, -0.15) is 30.7 Å². The molecule has 0 heterocycles. The summed E-state index contributed by atoms with van der Waals surface area (Å²) in [5, 5.41) is 0. The van der Waals surface area contributed by atoms with E-state index in [0.29, 0.717) is 28.3 Å². The Morgan fingerprint density at radius 1 is 1.00 bits per heavy atom. The van der Waals surface area contributed by atoms with Gasteiger partial charge in [0.2, 0.25) is 0 Å². The molecule has 0 aliphatic carbocycles. The maximum atomic E-state index is 13.3. The number of methoxy groups -OCH3 is 1. The molecule has 1 aromatic carbocycles. The predicted molar refractivity (Wildman–Crippen MR) is 70.1 cm³/mol. The molecule has 118 valence electrons. The predicted octanol–water partition coefficient (Wildman–Crippen LogP) is 4.99. The number of benzene rings is 1. The smallest absolute Gasteiger partial charge is 0.460 e. The Morgan fingerprint density at radius 3 is 1.86 bits per heavy atom. The van der Waals surface area contributed by atoms with E-state index in [-0.39, 0.29) is 5.69 Å². The number of rotatable bonds is 4. The van der Waals surface area contributed by atoms with Crippen LogP contribution in [0, 0.1) is 0 Å². The third kappa shape index (κ3) is 3.58. The Balaban J connectivity index is 3.15. The quantitative estimate of drug-likeness (QED) is 0.376. The first-order valence-corrected chi connectivity index (χ1v) is 6.22. The average molecular weight is 429 g/mol. The van der Waals surface area contributed by atoms with Crippen molar-refractivity contribution in [3.05, 3.63) is 24.3 Å². The minimum atomic E-state index is -6.39. The lowest BCUT2D eigenvalue weighted by Gasteiger charge is -2.27. The molecule has 0 saturated heterocycles. The van der Waals surface area contributed by atoms with Gasteiger partial charge < -0.3 is 4.74 Å². The van der Waals surface area contributed by atoms with E-state index < -0.39 is 21.7 Å². The maximum absolute atomic E-state index is 13.3. The molecule has 0 fully saturated rings. The SMILES string of the molecule is COc1ccc(N=C(I)C(F)(F)C(F)(F)C(F)(F)F)cc1. The molecule has 10 heteroatoms. The van der Waals surface area contributed by atoms with Crippen molar-refractivity contribution in [1.29, 1.82) is 0 Å². The van der Waals surface area contributed by atoms with Gasteiger partial charge in [-0.1, -0.05) is 0 Å². The van der Waals surface area contributed by atoms with Gasteiger partial charge in [0.15, 0.2) is 3.72 Å². The summed E-state index contributed by atoms with van der Waals surface area (Å²) >= 11 is 0.660. The van der Waals surface area contributed by atoms with E-state index in [1.807, 2.05) is 0 Å². The van der Waals surface area contributed by atoms with E-state index in [2.05, 4.69) is 4.99 Å². The van der Waals surface area contributed by atoms with Crippen molar-refractivity contribution >= 4 is 32.0 Å². The van der Waals surface area contributed by atoms with Crippen molar-refractivity contribution in [2.24, 2.45) is 4.99 Å². The van der Waals surface area contributed by atoms with E-state index in [0.717, 1.165) is 12.1 Å². The highest BCUT2D eigenvalue weighted by Crippen LogP contribution is 2.48. The Hall–Kier alpha value is -1.07. The first kappa shape index (κ1) is 18.0. The molecule has 21 heavy (non-hydrogen) atoms. The van der Waals surface area contributed by atoms with Gasteiger partial charge in [-0.15, -0.1) is 0 Å². The molecule has 0 saturated carbocycles. The van der Waals surface area contributed by atoms with Crippen LogP contribution in [-0.2, 0) is 0 Å². The summed E-state index contributed by atoms with van der Waals surface area (Å²) in [5.74, 6) is -11.3. The Labute approximate surface area is 128 Å². The fourth-order valence-electron chi connectivity index (χ4n) is 1.15. The summed E-state index contributed by atoms with van der Waals surface area (Å²) in [6.45, 7) is 0. The number of alkyl halides is 7.